The molecular weight excluding hydrogens is 382 g/mol. The SMILES string of the molecule is Cn1c(Cc2ccc(Cl)c(Oc3cccc(Br)c3)c2)n[nH]c1=O. The van der Waals surface area contributed by atoms with Crippen molar-refractivity contribution >= 4 is 27.5 Å². The van der Waals surface area contributed by atoms with Crippen LogP contribution in [0.4, 0.5) is 0 Å². The maximum absolute atomic E-state index is 11.4. The number of benzene rings is 2. The lowest BCUT2D eigenvalue weighted by molar-refractivity contribution is 0.482. The van der Waals surface area contributed by atoms with Gasteiger partial charge >= 0.3 is 5.69 Å². The number of nitrogens with zero attached hydrogens (tertiary/aromatic N) is 2. The fourth-order valence-corrected chi connectivity index (χ4v) is 2.65. The summed E-state index contributed by atoms with van der Waals surface area (Å²) in [6, 6.07) is 13.0. The Morgan fingerprint density at radius 2 is 2.13 bits per heavy atom. The summed E-state index contributed by atoms with van der Waals surface area (Å²) in [5.41, 5.74) is 0.709. The van der Waals surface area contributed by atoms with Gasteiger partial charge < -0.3 is 4.74 Å². The minimum absolute atomic E-state index is 0.237. The molecule has 0 saturated heterocycles. The zero-order valence-corrected chi connectivity index (χ0v) is 14.6. The van der Waals surface area contributed by atoms with Gasteiger partial charge in [-0.05, 0) is 35.9 Å². The Hall–Kier alpha value is -2.05. The van der Waals surface area contributed by atoms with Crippen LogP contribution in [0.3, 0.4) is 0 Å². The van der Waals surface area contributed by atoms with Crippen LogP contribution in [0.1, 0.15) is 11.4 Å². The van der Waals surface area contributed by atoms with E-state index in [0.717, 1.165) is 10.0 Å². The zero-order chi connectivity index (χ0) is 16.4. The highest BCUT2D eigenvalue weighted by Crippen LogP contribution is 2.31. The van der Waals surface area contributed by atoms with Gasteiger partial charge in [-0.25, -0.2) is 9.89 Å². The Bertz CT molecular complexity index is 904. The number of halogens is 2. The number of aromatic amines is 1. The number of aromatic nitrogens is 3. The van der Waals surface area contributed by atoms with E-state index < -0.39 is 0 Å². The van der Waals surface area contributed by atoms with Crippen molar-refractivity contribution < 1.29 is 4.74 Å². The first-order valence-corrected chi connectivity index (χ1v) is 8.02. The molecule has 0 radical (unpaired) electrons. The van der Waals surface area contributed by atoms with Gasteiger partial charge in [-0.1, -0.05) is 39.7 Å². The predicted molar refractivity (Wildman–Crippen MR) is 92.3 cm³/mol. The smallest absolute Gasteiger partial charge is 0.343 e. The summed E-state index contributed by atoms with van der Waals surface area (Å²) in [5, 5.41) is 6.95. The molecule has 1 heterocycles. The number of rotatable bonds is 4. The second-order valence-electron chi connectivity index (χ2n) is 5.00. The monoisotopic (exact) mass is 393 g/mol. The number of ether oxygens (including phenoxy) is 1. The third-order valence-electron chi connectivity index (χ3n) is 3.35. The topological polar surface area (TPSA) is 59.9 Å². The molecule has 0 aliphatic carbocycles. The summed E-state index contributed by atoms with van der Waals surface area (Å²) in [7, 11) is 1.68. The largest absolute Gasteiger partial charge is 0.456 e. The summed E-state index contributed by atoms with van der Waals surface area (Å²) in [6.07, 6.45) is 0.501. The highest BCUT2D eigenvalue weighted by atomic mass is 79.9. The molecule has 23 heavy (non-hydrogen) atoms. The maximum Gasteiger partial charge on any atom is 0.343 e. The lowest BCUT2D eigenvalue weighted by atomic mass is 10.1. The van der Waals surface area contributed by atoms with Crippen molar-refractivity contribution in [1.29, 1.82) is 0 Å². The molecule has 2 aromatic carbocycles. The van der Waals surface area contributed by atoms with Gasteiger partial charge in [0.1, 0.15) is 17.3 Å². The van der Waals surface area contributed by atoms with Crippen molar-refractivity contribution in [2.24, 2.45) is 7.05 Å². The lowest BCUT2D eigenvalue weighted by Gasteiger charge is -2.10. The third kappa shape index (κ3) is 3.65. The number of hydrogen-bond acceptors (Lipinski definition) is 3. The molecule has 7 heteroatoms. The van der Waals surface area contributed by atoms with Gasteiger partial charge in [-0.2, -0.15) is 5.10 Å². The molecule has 0 amide bonds. The lowest BCUT2D eigenvalue weighted by Crippen LogP contribution is -2.14. The third-order valence-corrected chi connectivity index (χ3v) is 4.16. The number of hydrogen-bond donors (Lipinski definition) is 1. The molecule has 0 fully saturated rings. The molecular formula is C16H13BrClN3O2. The second-order valence-corrected chi connectivity index (χ2v) is 6.33. The molecule has 0 atom stereocenters. The van der Waals surface area contributed by atoms with Crippen LogP contribution in [-0.4, -0.2) is 14.8 Å². The molecule has 0 unspecified atom stereocenters. The summed E-state index contributed by atoms with van der Waals surface area (Å²) < 4.78 is 8.25. The van der Waals surface area contributed by atoms with E-state index in [1.54, 1.807) is 13.1 Å². The molecule has 3 rings (SSSR count). The standard InChI is InChI=1S/C16H13BrClN3O2/c1-21-15(19-20-16(21)22)8-10-5-6-13(18)14(7-10)23-12-4-2-3-11(17)9-12/h2-7,9H,8H2,1H3,(H,20,22). The summed E-state index contributed by atoms with van der Waals surface area (Å²) in [4.78, 5) is 11.4. The van der Waals surface area contributed by atoms with Crippen LogP contribution in [-0.2, 0) is 13.5 Å². The minimum atomic E-state index is -0.237. The van der Waals surface area contributed by atoms with Gasteiger partial charge in [0.25, 0.3) is 0 Å². The predicted octanol–water partition coefficient (Wildman–Crippen LogP) is 3.91. The van der Waals surface area contributed by atoms with Crippen LogP contribution in [0.2, 0.25) is 5.02 Å². The van der Waals surface area contributed by atoms with E-state index >= 15 is 0 Å². The molecule has 5 nitrogen and oxygen atoms in total. The first kappa shape index (κ1) is 15.8. The van der Waals surface area contributed by atoms with E-state index in [1.807, 2.05) is 36.4 Å². The first-order chi connectivity index (χ1) is 11.0. The summed E-state index contributed by atoms with van der Waals surface area (Å²) >= 11 is 9.62. The fourth-order valence-electron chi connectivity index (χ4n) is 2.11. The van der Waals surface area contributed by atoms with Crippen molar-refractivity contribution in [2.45, 2.75) is 6.42 Å². The number of nitrogens with one attached hydrogen (secondary N) is 1. The van der Waals surface area contributed by atoms with Crippen LogP contribution >= 0.6 is 27.5 Å². The van der Waals surface area contributed by atoms with Crippen molar-refractivity contribution in [1.82, 2.24) is 14.8 Å². The normalized spacial score (nSPS) is 10.7. The van der Waals surface area contributed by atoms with Gasteiger partial charge in [0.05, 0.1) is 5.02 Å². The Labute approximate surface area is 146 Å². The van der Waals surface area contributed by atoms with Crippen molar-refractivity contribution in [3.63, 3.8) is 0 Å². The van der Waals surface area contributed by atoms with Gasteiger partial charge in [0.15, 0.2) is 0 Å². The minimum Gasteiger partial charge on any atom is -0.456 e. The summed E-state index contributed by atoms with van der Waals surface area (Å²) in [5.74, 6) is 1.89. The quantitative estimate of drug-likeness (QED) is 0.730. The van der Waals surface area contributed by atoms with Gasteiger partial charge in [-0.15, -0.1) is 0 Å². The van der Waals surface area contributed by atoms with E-state index in [9.17, 15) is 4.79 Å². The zero-order valence-electron chi connectivity index (χ0n) is 12.2. The van der Waals surface area contributed by atoms with Gasteiger partial charge in [-0.3, -0.25) is 4.57 Å². The highest BCUT2D eigenvalue weighted by molar-refractivity contribution is 9.10. The Balaban J connectivity index is 1.87. The van der Waals surface area contributed by atoms with Crippen molar-refractivity contribution in [2.75, 3.05) is 0 Å². The van der Waals surface area contributed by atoms with E-state index in [4.69, 9.17) is 16.3 Å². The molecule has 0 bridgehead atoms. The average molecular weight is 395 g/mol. The molecule has 0 saturated carbocycles. The average Bonchev–Trinajstić information content (AvgIpc) is 2.83. The Morgan fingerprint density at radius 1 is 1.30 bits per heavy atom. The van der Waals surface area contributed by atoms with Crippen molar-refractivity contribution in [3.8, 4) is 11.5 Å². The second kappa shape index (κ2) is 6.60. The molecule has 3 aromatic rings. The molecule has 1 aromatic heterocycles. The van der Waals surface area contributed by atoms with Crippen LogP contribution < -0.4 is 10.4 Å². The molecule has 0 spiro atoms. The van der Waals surface area contributed by atoms with Crippen molar-refractivity contribution in [3.05, 3.63) is 73.8 Å². The maximum atomic E-state index is 11.4. The molecule has 0 aliphatic heterocycles. The van der Waals surface area contributed by atoms with Gasteiger partial charge in [0, 0.05) is 17.9 Å². The Kier molecular flexibility index (Phi) is 4.54. The molecule has 0 aliphatic rings. The van der Waals surface area contributed by atoms with Crippen LogP contribution in [0.5, 0.6) is 11.5 Å². The molecule has 118 valence electrons. The Morgan fingerprint density at radius 3 is 2.83 bits per heavy atom. The highest BCUT2D eigenvalue weighted by Gasteiger charge is 2.09. The van der Waals surface area contributed by atoms with Crippen LogP contribution in [0.25, 0.3) is 0 Å². The number of H-pyrrole nitrogens is 1. The van der Waals surface area contributed by atoms with E-state index in [2.05, 4.69) is 26.1 Å². The van der Waals surface area contributed by atoms with Crippen LogP contribution in [0.15, 0.2) is 51.7 Å². The fraction of sp³-hybridized carbons (Fsp3) is 0.125. The molecule has 1 N–H and O–H groups in total. The first-order valence-electron chi connectivity index (χ1n) is 6.85. The summed E-state index contributed by atoms with van der Waals surface area (Å²) in [6.45, 7) is 0. The van der Waals surface area contributed by atoms with E-state index in [1.165, 1.54) is 4.57 Å². The van der Waals surface area contributed by atoms with E-state index in [0.29, 0.717) is 28.8 Å². The van der Waals surface area contributed by atoms with Gasteiger partial charge in [0.2, 0.25) is 0 Å². The van der Waals surface area contributed by atoms with E-state index in [-0.39, 0.29) is 5.69 Å². The van der Waals surface area contributed by atoms with Crippen LogP contribution in [0, 0.1) is 0 Å².